The Hall–Kier alpha value is -3.04. The van der Waals surface area contributed by atoms with Crippen LogP contribution >= 0.6 is 11.3 Å². The molecular weight excluding hydrogens is 466 g/mol. The van der Waals surface area contributed by atoms with Crippen LogP contribution in [0.3, 0.4) is 0 Å². The molecular formula is C26H27N3O5S. The van der Waals surface area contributed by atoms with Gasteiger partial charge in [-0.1, -0.05) is 18.2 Å². The molecule has 0 unspecified atom stereocenters. The summed E-state index contributed by atoms with van der Waals surface area (Å²) in [7, 11) is 1.29. The number of nitrogens with zero attached hydrogens (tertiary/aromatic N) is 3. The molecule has 0 aliphatic carbocycles. The van der Waals surface area contributed by atoms with Crippen molar-refractivity contribution < 1.29 is 23.9 Å². The number of likely N-dealkylation sites (N-methyl/N-ethyl adjacent to an activating group) is 1. The van der Waals surface area contributed by atoms with Gasteiger partial charge >= 0.3 is 5.97 Å². The third kappa shape index (κ3) is 2.50. The maximum absolute atomic E-state index is 14.3. The molecule has 182 valence electrons. The van der Waals surface area contributed by atoms with Gasteiger partial charge in [0.1, 0.15) is 10.5 Å². The van der Waals surface area contributed by atoms with Crippen molar-refractivity contribution in [2.45, 2.75) is 45.2 Å². The fraction of sp³-hybridized carbons (Fsp3) is 0.462. The highest BCUT2D eigenvalue weighted by atomic mass is 32.1. The summed E-state index contributed by atoms with van der Waals surface area (Å²) in [6.45, 7) is 6.73. The van der Waals surface area contributed by atoms with Gasteiger partial charge in [0.2, 0.25) is 11.8 Å². The first kappa shape index (κ1) is 22.4. The Morgan fingerprint density at radius 2 is 1.91 bits per heavy atom. The predicted molar refractivity (Wildman–Crippen MR) is 130 cm³/mol. The number of para-hydroxylation sites is 1. The van der Waals surface area contributed by atoms with Gasteiger partial charge in [-0.05, 0) is 51.8 Å². The van der Waals surface area contributed by atoms with E-state index in [1.807, 2.05) is 38.1 Å². The lowest BCUT2D eigenvalue weighted by atomic mass is 9.75. The van der Waals surface area contributed by atoms with Gasteiger partial charge in [0.15, 0.2) is 0 Å². The number of carbonyl (C=O) groups is 4. The van der Waals surface area contributed by atoms with E-state index in [9.17, 15) is 19.2 Å². The van der Waals surface area contributed by atoms with Crippen molar-refractivity contribution in [3.63, 3.8) is 0 Å². The largest absolute Gasteiger partial charge is 0.465 e. The van der Waals surface area contributed by atoms with E-state index in [0.717, 1.165) is 29.0 Å². The number of hydrogen-bond donors (Lipinski definition) is 0. The van der Waals surface area contributed by atoms with Crippen LogP contribution in [0.4, 0.5) is 10.7 Å². The first-order chi connectivity index (χ1) is 16.8. The number of hydrogen-bond acceptors (Lipinski definition) is 7. The molecule has 0 bridgehead atoms. The number of amides is 3. The Kier molecular flexibility index (Phi) is 4.79. The van der Waals surface area contributed by atoms with Crippen LogP contribution in [0, 0.1) is 25.7 Å². The molecule has 1 spiro atoms. The lowest BCUT2D eigenvalue weighted by Crippen LogP contribution is -2.56. The van der Waals surface area contributed by atoms with Gasteiger partial charge in [-0.15, -0.1) is 11.3 Å². The van der Waals surface area contributed by atoms with E-state index >= 15 is 0 Å². The summed E-state index contributed by atoms with van der Waals surface area (Å²) in [6.07, 6.45) is 1.62. The number of methoxy groups -OCH3 is 1. The van der Waals surface area contributed by atoms with E-state index in [4.69, 9.17) is 4.74 Å². The van der Waals surface area contributed by atoms with Gasteiger partial charge < -0.3 is 9.64 Å². The van der Waals surface area contributed by atoms with Crippen LogP contribution in [0.2, 0.25) is 0 Å². The molecule has 5 heterocycles. The number of aryl methyl sites for hydroxylation is 1. The smallest absolute Gasteiger partial charge is 0.341 e. The number of fused-ring (bicyclic) bond motifs is 7. The van der Waals surface area contributed by atoms with E-state index in [0.29, 0.717) is 23.7 Å². The van der Waals surface area contributed by atoms with E-state index in [1.54, 1.807) is 11.8 Å². The molecule has 3 saturated heterocycles. The molecule has 0 saturated carbocycles. The van der Waals surface area contributed by atoms with Crippen LogP contribution < -0.4 is 9.80 Å². The number of benzene rings is 1. The minimum atomic E-state index is -1.20. The highest BCUT2D eigenvalue weighted by molar-refractivity contribution is 7.17. The predicted octanol–water partition coefficient (Wildman–Crippen LogP) is 3.00. The molecule has 4 atom stereocenters. The fourth-order valence-electron chi connectivity index (χ4n) is 6.96. The molecule has 6 rings (SSSR count). The molecule has 0 radical (unpaired) electrons. The zero-order chi connectivity index (χ0) is 24.8. The number of esters is 1. The minimum Gasteiger partial charge on any atom is -0.465 e. The van der Waals surface area contributed by atoms with Crippen molar-refractivity contribution in [2.24, 2.45) is 11.8 Å². The van der Waals surface area contributed by atoms with Crippen LogP contribution in [0.5, 0.6) is 0 Å². The number of ether oxygens (including phenoxy) is 1. The van der Waals surface area contributed by atoms with Gasteiger partial charge in [-0.25, -0.2) is 9.69 Å². The minimum absolute atomic E-state index is 0.129. The van der Waals surface area contributed by atoms with Gasteiger partial charge in [0.25, 0.3) is 5.91 Å². The highest BCUT2D eigenvalue weighted by Gasteiger charge is 2.75. The van der Waals surface area contributed by atoms with E-state index in [-0.39, 0.29) is 23.4 Å². The fourth-order valence-corrected chi connectivity index (χ4v) is 8.12. The molecule has 3 fully saturated rings. The van der Waals surface area contributed by atoms with Crippen molar-refractivity contribution in [3.8, 4) is 0 Å². The topological polar surface area (TPSA) is 87.2 Å². The van der Waals surface area contributed by atoms with Gasteiger partial charge in [0.05, 0.1) is 24.5 Å². The van der Waals surface area contributed by atoms with E-state index in [2.05, 4.69) is 4.90 Å². The highest BCUT2D eigenvalue weighted by Crippen LogP contribution is 2.62. The Morgan fingerprint density at radius 1 is 1.17 bits per heavy atom. The molecule has 9 heteroatoms. The Bertz CT molecular complexity index is 1320. The Balaban J connectivity index is 1.57. The molecule has 1 aromatic carbocycles. The average Bonchev–Trinajstić information content (AvgIpc) is 3.60. The third-order valence-electron chi connectivity index (χ3n) is 8.42. The monoisotopic (exact) mass is 493 g/mol. The molecule has 4 aliphatic heterocycles. The van der Waals surface area contributed by atoms with Crippen LogP contribution in [0.25, 0.3) is 0 Å². The lowest BCUT2D eigenvalue weighted by molar-refractivity contribution is -0.137. The summed E-state index contributed by atoms with van der Waals surface area (Å²) in [4.78, 5) is 61.1. The first-order valence-electron chi connectivity index (χ1n) is 12.0. The van der Waals surface area contributed by atoms with Crippen molar-refractivity contribution in [1.29, 1.82) is 0 Å². The van der Waals surface area contributed by atoms with Crippen molar-refractivity contribution in [1.82, 2.24) is 4.90 Å². The maximum Gasteiger partial charge on any atom is 0.341 e. The number of thiophene rings is 1. The van der Waals surface area contributed by atoms with Crippen LogP contribution in [-0.4, -0.2) is 54.8 Å². The number of carbonyl (C=O) groups excluding carboxylic acids is 4. The summed E-state index contributed by atoms with van der Waals surface area (Å²) >= 11 is 1.25. The number of imide groups is 1. The number of anilines is 2. The second kappa shape index (κ2) is 7.48. The summed E-state index contributed by atoms with van der Waals surface area (Å²) in [5.74, 6) is -2.89. The zero-order valence-electron chi connectivity index (χ0n) is 20.2. The van der Waals surface area contributed by atoms with Crippen LogP contribution in [-0.2, 0) is 24.7 Å². The molecule has 35 heavy (non-hydrogen) atoms. The quantitative estimate of drug-likeness (QED) is 0.483. The molecule has 8 nitrogen and oxygen atoms in total. The second-order valence-corrected chi connectivity index (χ2v) is 10.9. The summed E-state index contributed by atoms with van der Waals surface area (Å²) in [6, 6.07) is 7.45. The molecule has 3 amide bonds. The van der Waals surface area contributed by atoms with Crippen molar-refractivity contribution in [2.75, 3.05) is 30.0 Å². The zero-order valence-corrected chi connectivity index (χ0v) is 21.0. The van der Waals surface area contributed by atoms with E-state index < -0.39 is 29.3 Å². The van der Waals surface area contributed by atoms with Crippen molar-refractivity contribution >= 4 is 45.7 Å². The standard InChI is InChI=1S/C26H27N3O5S/c1-5-27-16-10-7-6-9-15(16)26(25(27)33)20-19(17-11-8-12-28(17)26)21(30)29(22(20)31)23-18(24(32)34-4)13(2)14(3)35-23/h6-7,9-10,17,19-20H,5,8,11-12H2,1-4H3/t17-,19-,20+,26-/m1/s1. The molecule has 2 aromatic rings. The number of rotatable bonds is 3. The lowest BCUT2D eigenvalue weighted by Gasteiger charge is -2.37. The molecule has 1 aromatic heterocycles. The van der Waals surface area contributed by atoms with Crippen LogP contribution in [0.1, 0.15) is 46.1 Å². The Labute approximate surface area is 207 Å². The van der Waals surface area contributed by atoms with Crippen LogP contribution in [0.15, 0.2) is 24.3 Å². The second-order valence-electron chi connectivity index (χ2n) is 9.71. The third-order valence-corrected chi connectivity index (χ3v) is 9.61. The maximum atomic E-state index is 14.3. The molecule has 0 N–H and O–H groups in total. The normalized spacial score (nSPS) is 29.4. The first-order valence-corrected chi connectivity index (χ1v) is 12.9. The Morgan fingerprint density at radius 3 is 2.63 bits per heavy atom. The van der Waals surface area contributed by atoms with Gasteiger partial charge in [-0.2, -0.15) is 0 Å². The molecule has 4 aliphatic rings. The van der Waals surface area contributed by atoms with Gasteiger partial charge in [-0.3, -0.25) is 19.3 Å². The van der Waals surface area contributed by atoms with Crippen molar-refractivity contribution in [3.05, 3.63) is 45.8 Å². The van der Waals surface area contributed by atoms with E-state index in [1.165, 1.54) is 23.3 Å². The SMILES string of the molecule is CCN1C(=O)[C@@]2(c3ccccc31)[C@@H]1C(=O)N(c3sc(C)c(C)c3C(=O)OC)C(=O)[C@@H]1[C@H]1CCCN12. The van der Waals surface area contributed by atoms with Gasteiger partial charge in [0, 0.05) is 28.7 Å². The average molecular weight is 494 g/mol. The summed E-state index contributed by atoms with van der Waals surface area (Å²) in [5, 5.41) is 0.307. The summed E-state index contributed by atoms with van der Waals surface area (Å²) < 4.78 is 5.00. The summed E-state index contributed by atoms with van der Waals surface area (Å²) in [5.41, 5.74) is 1.37.